The van der Waals surface area contributed by atoms with E-state index in [-0.39, 0.29) is 20.4 Å². The quantitative estimate of drug-likeness (QED) is 0.496. The van der Waals surface area contributed by atoms with Gasteiger partial charge in [-0.25, -0.2) is 0 Å². The van der Waals surface area contributed by atoms with E-state index >= 15 is 0 Å². The van der Waals surface area contributed by atoms with Crippen molar-refractivity contribution in [2.45, 2.75) is 13.8 Å². The summed E-state index contributed by atoms with van der Waals surface area (Å²) < 4.78 is 0. The summed E-state index contributed by atoms with van der Waals surface area (Å²) in [5, 5.41) is 3.00. The molecule has 0 spiro atoms. The van der Waals surface area contributed by atoms with Crippen molar-refractivity contribution < 1.29 is 30.0 Å². The fraction of sp³-hybridized carbons (Fsp3) is 0.286. The first-order chi connectivity index (χ1) is 4.70. The van der Waals surface area contributed by atoms with Gasteiger partial charge in [-0.2, -0.15) is 13.8 Å². The molecular formula is C7H9NO2Re-2. The van der Waals surface area contributed by atoms with Gasteiger partial charge < -0.3 is 21.3 Å². The molecule has 0 bridgehead atoms. The van der Waals surface area contributed by atoms with Crippen LogP contribution in [-0.2, 0) is 30.0 Å². The van der Waals surface area contributed by atoms with E-state index in [0.29, 0.717) is 0 Å². The number of imide groups is 1. The molecule has 1 radical (unpaired) electrons. The Bertz CT molecular complexity index is 150. The van der Waals surface area contributed by atoms with Crippen molar-refractivity contribution >= 4 is 11.8 Å². The minimum absolute atomic E-state index is 0. The van der Waals surface area contributed by atoms with E-state index in [4.69, 9.17) is 0 Å². The second-order valence-electron chi connectivity index (χ2n) is 1.70. The zero-order valence-electron chi connectivity index (χ0n) is 6.37. The van der Waals surface area contributed by atoms with Gasteiger partial charge in [-0.1, -0.05) is 0 Å². The number of carbonyl (C=O) groups excluding carboxylic acids is 2. The molecule has 1 aliphatic rings. The predicted octanol–water partition coefficient (Wildman–Crippen LogP) is 1.21. The molecule has 4 heteroatoms. The molecule has 2 amide bonds. The standard InChI is InChI=1S/C4H3NO2.C3H7.Re/c6-3-1-2-4(7)5-3;1-3-2;/h1-2H,(H,5,6,7);3H,1-2H3;/q;-1;/p-1. The SMILES string of the molecule is C[CH-]C.O=C1C=CC(=O)[N-]1.[Re]. The number of hydrogen-bond donors (Lipinski definition) is 0. The first-order valence-corrected chi connectivity index (χ1v) is 2.92. The van der Waals surface area contributed by atoms with Gasteiger partial charge in [-0.05, 0) is 12.2 Å². The number of nitrogens with zero attached hydrogens (tertiary/aromatic N) is 1. The third-order valence-electron chi connectivity index (χ3n) is 0.589. The average molecular weight is 325 g/mol. The van der Waals surface area contributed by atoms with Crippen molar-refractivity contribution in [3.8, 4) is 0 Å². The molecule has 0 aromatic carbocycles. The van der Waals surface area contributed by atoms with Crippen molar-refractivity contribution in [2.24, 2.45) is 0 Å². The molecule has 63 valence electrons. The van der Waals surface area contributed by atoms with Crippen molar-refractivity contribution in [1.82, 2.24) is 0 Å². The molecule has 3 nitrogen and oxygen atoms in total. The largest absolute Gasteiger partial charge is 0.589 e. The molecule has 0 unspecified atom stereocenters. The van der Waals surface area contributed by atoms with Gasteiger partial charge in [0.15, 0.2) is 0 Å². The number of amides is 2. The minimum atomic E-state index is -0.454. The molecule has 0 aliphatic carbocycles. The van der Waals surface area contributed by atoms with E-state index in [1.54, 1.807) is 0 Å². The van der Waals surface area contributed by atoms with Crippen LogP contribution in [0.15, 0.2) is 12.2 Å². The molecule has 11 heavy (non-hydrogen) atoms. The van der Waals surface area contributed by atoms with Crippen LogP contribution in [0.25, 0.3) is 5.32 Å². The van der Waals surface area contributed by atoms with Crippen molar-refractivity contribution in [3.05, 3.63) is 23.9 Å². The summed E-state index contributed by atoms with van der Waals surface area (Å²) in [5.74, 6) is -0.907. The van der Waals surface area contributed by atoms with Crippen LogP contribution in [0.5, 0.6) is 0 Å². The Balaban J connectivity index is 0. The minimum Gasteiger partial charge on any atom is -0.589 e. The number of hydrogen-bond acceptors (Lipinski definition) is 2. The maximum absolute atomic E-state index is 9.98. The first-order valence-electron chi connectivity index (χ1n) is 2.92. The zero-order chi connectivity index (χ0) is 7.98. The number of rotatable bonds is 0. The monoisotopic (exact) mass is 326 g/mol. The van der Waals surface area contributed by atoms with Gasteiger partial charge in [0, 0.05) is 20.4 Å². The molecule has 0 aromatic rings. The van der Waals surface area contributed by atoms with Crippen LogP contribution in [0, 0.1) is 6.42 Å². The van der Waals surface area contributed by atoms with Crippen molar-refractivity contribution in [2.75, 3.05) is 0 Å². The Labute approximate surface area is 79.9 Å². The summed E-state index contributed by atoms with van der Waals surface area (Å²) in [6, 6.07) is 0. The van der Waals surface area contributed by atoms with Crippen LogP contribution in [0.3, 0.4) is 0 Å². The molecule has 1 aliphatic heterocycles. The second-order valence-corrected chi connectivity index (χ2v) is 1.70. The second kappa shape index (κ2) is 7.65. The van der Waals surface area contributed by atoms with E-state index in [2.05, 4.69) is 5.32 Å². The van der Waals surface area contributed by atoms with E-state index < -0.39 is 11.8 Å². The van der Waals surface area contributed by atoms with Gasteiger partial charge in [0.05, 0.1) is 11.8 Å². The predicted molar refractivity (Wildman–Crippen MR) is 38.2 cm³/mol. The fourth-order valence-electron chi connectivity index (χ4n) is 0.326. The Morgan fingerprint density at radius 2 is 1.45 bits per heavy atom. The molecule has 0 N–H and O–H groups in total. The van der Waals surface area contributed by atoms with Gasteiger partial charge in [-0.15, -0.1) is 0 Å². The van der Waals surface area contributed by atoms with Crippen LogP contribution >= 0.6 is 0 Å². The fourth-order valence-corrected chi connectivity index (χ4v) is 0.326. The van der Waals surface area contributed by atoms with Gasteiger partial charge in [-0.3, -0.25) is 0 Å². The molecule has 0 saturated carbocycles. The topological polar surface area (TPSA) is 48.2 Å². The van der Waals surface area contributed by atoms with Crippen LogP contribution < -0.4 is 0 Å². The van der Waals surface area contributed by atoms with Crippen LogP contribution in [0.2, 0.25) is 0 Å². The Morgan fingerprint density at radius 1 is 1.18 bits per heavy atom. The Hall–Kier alpha value is -0.458. The molecule has 1 heterocycles. The smallest absolute Gasteiger partial charge is 0.0803 e. The third kappa shape index (κ3) is 7.44. The van der Waals surface area contributed by atoms with Gasteiger partial charge >= 0.3 is 0 Å². The van der Waals surface area contributed by atoms with Crippen LogP contribution in [-0.4, -0.2) is 11.8 Å². The summed E-state index contributed by atoms with van der Waals surface area (Å²) in [6.07, 6.45) is 4.28. The molecule has 0 saturated heterocycles. The summed E-state index contributed by atoms with van der Waals surface area (Å²) in [5.41, 5.74) is 0. The van der Waals surface area contributed by atoms with Crippen LogP contribution in [0.1, 0.15) is 13.8 Å². The molecule has 0 aromatic heterocycles. The maximum atomic E-state index is 9.98. The summed E-state index contributed by atoms with van der Waals surface area (Å²) in [4.78, 5) is 20.0. The van der Waals surface area contributed by atoms with Crippen molar-refractivity contribution in [3.63, 3.8) is 0 Å². The summed E-state index contributed by atoms with van der Waals surface area (Å²) >= 11 is 0. The maximum Gasteiger partial charge on any atom is 0.0803 e. The molecule has 1 rings (SSSR count). The van der Waals surface area contributed by atoms with Crippen molar-refractivity contribution in [1.29, 1.82) is 0 Å². The number of carbonyl (C=O) groups is 2. The Morgan fingerprint density at radius 3 is 1.55 bits per heavy atom. The average Bonchev–Trinajstić information content (AvgIpc) is 2.17. The van der Waals surface area contributed by atoms with Gasteiger partial charge in [0.25, 0.3) is 0 Å². The summed E-state index contributed by atoms with van der Waals surface area (Å²) in [7, 11) is 0. The third-order valence-corrected chi connectivity index (χ3v) is 0.589. The summed E-state index contributed by atoms with van der Waals surface area (Å²) in [6.45, 7) is 4.00. The zero-order valence-corrected chi connectivity index (χ0v) is 9.09. The van der Waals surface area contributed by atoms with E-state index in [1.165, 1.54) is 0 Å². The normalized spacial score (nSPS) is 12.9. The molecular weight excluding hydrogens is 316 g/mol. The Kier molecular flexibility index (Phi) is 9.15. The van der Waals surface area contributed by atoms with E-state index in [9.17, 15) is 9.59 Å². The van der Waals surface area contributed by atoms with Gasteiger partial charge in [0.2, 0.25) is 0 Å². The molecule has 0 fully saturated rings. The van der Waals surface area contributed by atoms with Crippen LogP contribution in [0.4, 0.5) is 0 Å². The molecule has 0 atom stereocenters. The van der Waals surface area contributed by atoms with Gasteiger partial charge in [0.1, 0.15) is 0 Å². The first kappa shape index (κ1) is 13.2. The van der Waals surface area contributed by atoms with E-state index in [0.717, 1.165) is 12.2 Å². The van der Waals surface area contributed by atoms with E-state index in [1.807, 2.05) is 20.3 Å².